The van der Waals surface area contributed by atoms with Gasteiger partial charge < -0.3 is 19.6 Å². The summed E-state index contributed by atoms with van der Waals surface area (Å²) in [7, 11) is -10.2. The Kier molecular flexibility index (Phi) is 9.57. The van der Waals surface area contributed by atoms with Crippen LogP contribution in [0.25, 0.3) is 11.3 Å². The van der Waals surface area contributed by atoms with Crippen molar-refractivity contribution in [2.75, 3.05) is 6.61 Å². The molecule has 0 aliphatic rings. The van der Waals surface area contributed by atoms with Crippen LogP contribution in [0.15, 0.2) is 81.5 Å². The van der Waals surface area contributed by atoms with Crippen molar-refractivity contribution < 1.29 is 46.2 Å². The third kappa shape index (κ3) is 7.26. The predicted molar refractivity (Wildman–Crippen MR) is 151 cm³/mol. The van der Waals surface area contributed by atoms with Crippen LogP contribution in [-0.2, 0) is 38.1 Å². The van der Waals surface area contributed by atoms with Gasteiger partial charge >= 0.3 is 19.2 Å². The van der Waals surface area contributed by atoms with Gasteiger partial charge in [0.2, 0.25) is 10.0 Å². The number of nitrogens with zero attached hydrogens (tertiary/aromatic N) is 3. The molecule has 11 nitrogen and oxygen atoms in total. The third-order valence-electron chi connectivity index (χ3n) is 5.87. The first-order valence-corrected chi connectivity index (χ1v) is 16.4. The maximum absolute atomic E-state index is 14.6. The fourth-order valence-corrected chi connectivity index (χ4v) is 6.79. The number of benzene rings is 3. The van der Waals surface area contributed by atoms with Crippen LogP contribution in [0.2, 0.25) is 0 Å². The number of aromatic nitrogens is 2. The summed E-state index contributed by atoms with van der Waals surface area (Å²) in [5.41, 5.74) is -3.56. The second-order valence-corrected chi connectivity index (χ2v) is 13.9. The first kappa shape index (κ1) is 31.8. The van der Waals surface area contributed by atoms with Crippen molar-refractivity contribution in [3.05, 3.63) is 93.3 Å². The number of halogens is 3. The number of ether oxygens (including phenoxy) is 1. The molecule has 3 aromatic carbocycles. The lowest BCUT2D eigenvalue weighted by atomic mass is 10.1. The van der Waals surface area contributed by atoms with E-state index < -0.39 is 48.0 Å². The Bertz CT molecular complexity index is 1720. The molecule has 0 saturated heterocycles. The zero-order valence-electron chi connectivity index (χ0n) is 21.2. The predicted octanol–water partition coefficient (Wildman–Crippen LogP) is 5.05. The summed E-state index contributed by atoms with van der Waals surface area (Å²) in [6, 6.07) is 15.1. The summed E-state index contributed by atoms with van der Waals surface area (Å²) in [5, 5.41) is 14.5. The topological polar surface area (TPSA) is 167 Å². The number of hydrogen-bond donors (Lipinski definition) is 3. The summed E-state index contributed by atoms with van der Waals surface area (Å²) < 4.78 is 77.9. The molecule has 0 bridgehead atoms. The Morgan fingerprint density at radius 2 is 1.64 bits per heavy atom. The number of carbonyl (C=O) groups is 1. The minimum Gasteiger partial charge on any atom is -0.482 e. The quantitative estimate of drug-likeness (QED) is 0.170. The van der Waals surface area contributed by atoms with Gasteiger partial charge in [0.25, 0.3) is 0 Å². The van der Waals surface area contributed by atoms with Gasteiger partial charge in [-0.2, -0.15) is 13.1 Å². The van der Waals surface area contributed by atoms with Crippen LogP contribution >= 0.6 is 35.1 Å². The van der Waals surface area contributed by atoms with Gasteiger partial charge in [0.15, 0.2) is 6.61 Å². The van der Waals surface area contributed by atoms with Crippen molar-refractivity contribution in [2.24, 2.45) is 0 Å². The standard InChI is InChI=1S/C25H21BrF2N3O8PS2/c26-22-10-3-17(11-21(22)25(27,28)40(34,35)36)13-31(12-16-1-4-18(5-2-16)23-15-41-30-29-23)42(37,38)20-8-6-19(7-9-20)39-14-24(32)33/h1-11,15H,12-14H2,(H,32,33)(H2,34,35,36). The smallest absolute Gasteiger partial charge is 0.399 e. The van der Waals surface area contributed by atoms with E-state index in [0.29, 0.717) is 11.3 Å². The molecule has 0 amide bonds. The number of rotatable bonds is 12. The highest BCUT2D eigenvalue weighted by Crippen LogP contribution is 2.60. The summed E-state index contributed by atoms with van der Waals surface area (Å²) in [6.45, 7) is -1.26. The van der Waals surface area contributed by atoms with Gasteiger partial charge in [-0.15, -0.1) is 5.10 Å². The summed E-state index contributed by atoms with van der Waals surface area (Å²) in [4.78, 5) is 29.0. The molecule has 0 radical (unpaired) electrons. The van der Waals surface area contributed by atoms with Crippen molar-refractivity contribution in [3.63, 3.8) is 0 Å². The number of carboxylic acids is 1. The van der Waals surface area contributed by atoms with E-state index >= 15 is 0 Å². The first-order valence-electron chi connectivity index (χ1n) is 11.7. The highest BCUT2D eigenvalue weighted by atomic mass is 79.9. The van der Waals surface area contributed by atoms with Crippen LogP contribution < -0.4 is 4.74 Å². The molecule has 42 heavy (non-hydrogen) atoms. The Morgan fingerprint density at radius 1 is 1.02 bits per heavy atom. The number of sulfonamides is 1. The van der Waals surface area contributed by atoms with Crippen LogP contribution in [-0.4, -0.2) is 49.8 Å². The first-order chi connectivity index (χ1) is 19.7. The summed E-state index contributed by atoms with van der Waals surface area (Å²) >= 11 is 4.06. The van der Waals surface area contributed by atoms with Gasteiger partial charge in [0.1, 0.15) is 11.4 Å². The molecule has 1 heterocycles. The molecule has 0 fully saturated rings. The van der Waals surface area contributed by atoms with E-state index in [1.54, 1.807) is 29.6 Å². The fraction of sp³-hybridized carbons (Fsp3) is 0.160. The van der Waals surface area contributed by atoms with E-state index in [9.17, 15) is 36.3 Å². The maximum atomic E-state index is 14.6. The van der Waals surface area contributed by atoms with Crippen LogP contribution in [0, 0.1) is 0 Å². The van der Waals surface area contributed by atoms with Crippen molar-refractivity contribution in [2.45, 2.75) is 23.6 Å². The molecule has 0 aliphatic carbocycles. The highest BCUT2D eigenvalue weighted by molar-refractivity contribution is 9.10. The van der Waals surface area contributed by atoms with Gasteiger partial charge in [-0.05, 0) is 59.1 Å². The summed E-state index contributed by atoms with van der Waals surface area (Å²) in [6.07, 6.45) is 0. The normalized spacial score (nSPS) is 12.4. The Balaban J connectivity index is 1.70. The van der Waals surface area contributed by atoms with Crippen LogP contribution in [0.4, 0.5) is 8.78 Å². The Morgan fingerprint density at radius 3 is 2.21 bits per heavy atom. The Labute approximate surface area is 250 Å². The van der Waals surface area contributed by atoms with E-state index in [-0.39, 0.29) is 27.2 Å². The van der Waals surface area contributed by atoms with Gasteiger partial charge in [-0.25, -0.2) is 13.2 Å². The van der Waals surface area contributed by atoms with E-state index in [2.05, 4.69) is 25.5 Å². The lowest BCUT2D eigenvalue weighted by Crippen LogP contribution is -2.30. The molecule has 0 unspecified atom stereocenters. The lowest BCUT2D eigenvalue weighted by Gasteiger charge is -2.24. The molecule has 0 atom stereocenters. The van der Waals surface area contributed by atoms with Crippen molar-refractivity contribution in [3.8, 4) is 17.0 Å². The number of aliphatic carboxylic acids is 1. The molecule has 3 N–H and O–H groups in total. The largest absolute Gasteiger partial charge is 0.482 e. The third-order valence-corrected chi connectivity index (χ3v) is 9.85. The van der Waals surface area contributed by atoms with Crippen LogP contribution in [0.3, 0.4) is 0 Å². The Hall–Kier alpha value is -3.11. The molecule has 4 aromatic rings. The SMILES string of the molecule is O=C(O)COc1ccc(S(=O)(=O)N(Cc2ccc(-c3csnn3)cc2)Cc2ccc(Br)c(C(F)(F)P(=O)(O)O)c2)cc1. The minimum absolute atomic E-state index is 0.0384. The van der Waals surface area contributed by atoms with Crippen molar-refractivity contribution in [1.29, 1.82) is 0 Å². The zero-order chi connectivity index (χ0) is 30.7. The average molecular weight is 704 g/mol. The van der Waals surface area contributed by atoms with E-state index in [0.717, 1.165) is 22.0 Å². The van der Waals surface area contributed by atoms with Gasteiger partial charge in [-0.3, -0.25) is 4.57 Å². The van der Waals surface area contributed by atoms with Crippen molar-refractivity contribution >= 4 is 51.1 Å². The molecule has 0 spiro atoms. The van der Waals surface area contributed by atoms with Gasteiger partial charge in [0, 0.05) is 34.1 Å². The maximum Gasteiger partial charge on any atom is 0.399 e. The lowest BCUT2D eigenvalue weighted by molar-refractivity contribution is -0.139. The van der Waals surface area contributed by atoms with Crippen LogP contribution in [0.1, 0.15) is 16.7 Å². The second kappa shape index (κ2) is 12.6. The molecule has 1 aromatic heterocycles. The molecular weight excluding hydrogens is 683 g/mol. The van der Waals surface area contributed by atoms with Gasteiger partial charge in [0.05, 0.1) is 4.90 Å². The number of alkyl halides is 2. The average Bonchev–Trinajstić information content (AvgIpc) is 3.47. The number of carboxylic acid groups (broad SMARTS) is 1. The zero-order valence-corrected chi connectivity index (χ0v) is 25.3. The molecule has 4 rings (SSSR count). The van der Waals surface area contributed by atoms with Crippen LogP contribution in [0.5, 0.6) is 5.75 Å². The van der Waals surface area contributed by atoms with Gasteiger partial charge in [-0.1, -0.05) is 50.8 Å². The highest BCUT2D eigenvalue weighted by Gasteiger charge is 2.51. The molecule has 17 heteroatoms. The monoisotopic (exact) mass is 703 g/mol. The molecule has 0 saturated carbocycles. The fourth-order valence-electron chi connectivity index (χ4n) is 3.76. The minimum atomic E-state index is -5.90. The summed E-state index contributed by atoms with van der Waals surface area (Å²) in [5.74, 6) is -1.10. The van der Waals surface area contributed by atoms with E-state index in [1.807, 2.05) is 0 Å². The molecule has 222 valence electrons. The number of hydrogen-bond acceptors (Lipinski definition) is 8. The molecular formula is C25H21BrF2N3O8PS2. The molecule has 0 aliphatic heterocycles. The van der Waals surface area contributed by atoms with Crippen molar-refractivity contribution in [1.82, 2.24) is 13.9 Å². The second-order valence-electron chi connectivity index (χ2n) is 8.81. The van der Waals surface area contributed by atoms with E-state index in [4.69, 9.17) is 9.84 Å². The van der Waals surface area contributed by atoms with E-state index in [1.165, 1.54) is 41.9 Å².